The first-order valence-electron chi connectivity index (χ1n) is 4.39. The van der Waals surface area contributed by atoms with E-state index in [1.165, 1.54) is 0 Å². The van der Waals surface area contributed by atoms with Gasteiger partial charge in [0.15, 0.2) is 0 Å². The molecule has 3 nitrogen and oxygen atoms in total. The van der Waals surface area contributed by atoms with Crippen LogP contribution in [0.4, 0.5) is 4.79 Å². The molecule has 0 radical (unpaired) electrons. The maximum Gasteiger partial charge on any atom is 0.404 e. The zero-order chi connectivity index (χ0) is 10.1. The maximum absolute atomic E-state index is 10.6. The molecule has 2 N–H and O–H groups in total. The molecule has 1 aromatic carbocycles. The summed E-state index contributed by atoms with van der Waals surface area (Å²) in [6, 6.07) is 5.73. The summed E-state index contributed by atoms with van der Waals surface area (Å²) in [4.78, 5) is 10.6. The number of benzene rings is 1. The third-order valence-electron chi connectivity index (χ3n) is 2.38. The van der Waals surface area contributed by atoms with Crippen LogP contribution in [0.3, 0.4) is 0 Å². The van der Waals surface area contributed by atoms with E-state index in [4.69, 9.17) is 22.1 Å². The van der Waals surface area contributed by atoms with Gasteiger partial charge >= 0.3 is 6.09 Å². The van der Waals surface area contributed by atoms with Crippen molar-refractivity contribution in [1.82, 2.24) is 0 Å². The summed E-state index contributed by atoms with van der Waals surface area (Å²) < 4.78 is 4.93. The first-order valence-corrected chi connectivity index (χ1v) is 4.77. The monoisotopic (exact) mass is 211 g/mol. The van der Waals surface area contributed by atoms with Gasteiger partial charge in [-0.15, -0.1) is 0 Å². The summed E-state index contributed by atoms with van der Waals surface area (Å²) in [5.41, 5.74) is 7.16. The van der Waals surface area contributed by atoms with E-state index in [1.807, 2.05) is 18.2 Å². The lowest BCUT2D eigenvalue weighted by Gasteiger charge is -2.07. The standard InChI is InChI=1S/C10H10ClNO2/c11-9-3-1-2-6-4-7(5-8(6)9)14-10(12)13/h1-3,7H,4-5H2,(H2,12,13)/t7-/m0/s1. The minimum absolute atomic E-state index is 0.151. The van der Waals surface area contributed by atoms with E-state index in [9.17, 15) is 4.79 Å². The van der Waals surface area contributed by atoms with Gasteiger partial charge in [-0.05, 0) is 17.2 Å². The van der Waals surface area contributed by atoms with Crippen molar-refractivity contribution in [2.75, 3.05) is 0 Å². The van der Waals surface area contributed by atoms with Crippen molar-refractivity contribution in [1.29, 1.82) is 0 Å². The topological polar surface area (TPSA) is 52.3 Å². The molecule has 1 aliphatic carbocycles. The first-order chi connectivity index (χ1) is 6.66. The Morgan fingerprint density at radius 1 is 1.50 bits per heavy atom. The van der Waals surface area contributed by atoms with Crippen LogP contribution in [0.5, 0.6) is 0 Å². The molecule has 0 unspecified atom stereocenters. The molecule has 0 fully saturated rings. The third kappa shape index (κ3) is 1.68. The lowest BCUT2D eigenvalue weighted by Crippen LogP contribution is -2.22. The van der Waals surface area contributed by atoms with Crippen molar-refractivity contribution in [3.8, 4) is 0 Å². The lowest BCUT2D eigenvalue weighted by molar-refractivity contribution is 0.112. The van der Waals surface area contributed by atoms with Crippen LogP contribution in [0.2, 0.25) is 5.02 Å². The summed E-state index contributed by atoms with van der Waals surface area (Å²) >= 11 is 6.00. The summed E-state index contributed by atoms with van der Waals surface area (Å²) in [6.07, 6.45) is 0.498. The van der Waals surface area contributed by atoms with Gasteiger partial charge in [-0.2, -0.15) is 0 Å². The van der Waals surface area contributed by atoms with Gasteiger partial charge < -0.3 is 10.5 Å². The largest absolute Gasteiger partial charge is 0.446 e. The number of amides is 1. The Morgan fingerprint density at radius 2 is 2.29 bits per heavy atom. The molecular weight excluding hydrogens is 202 g/mol. The number of carbonyl (C=O) groups is 1. The molecule has 0 saturated heterocycles. The first kappa shape index (κ1) is 9.34. The normalized spacial score (nSPS) is 19.1. The number of hydrogen-bond acceptors (Lipinski definition) is 2. The second kappa shape index (κ2) is 3.50. The van der Waals surface area contributed by atoms with E-state index in [1.54, 1.807) is 0 Å². The van der Waals surface area contributed by atoms with Crippen LogP contribution in [0.1, 0.15) is 11.1 Å². The van der Waals surface area contributed by atoms with E-state index < -0.39 is 6.09 Å². The Labute approximate surface area is 86.8 Å². The molecule has 0 heterocycles. The van der Waals surface area contributed by atoms with Crippen molar-refractivity contribution in [2.45, 2.75) is 18.9 Å². The molecule has 1 aromatic rings. The SMILES string of the molecule is NC(=O)O[C@H]1Cc2cccc(Cl)c2C1. The lowest BCUT2D eigenvalue weighted by atomic mass is 10.1. The van der Waals surface area contributed by atoms with Gasteiger partial charge in [0, 0.05) is 17.9 Å². The van der Waals surface area contributed by atoms with Crippen molar-refractivity contribution in [3.05, 3.63) is 34.3 Å². The Hall–Kier alpha value is -1.22. The highest BCUT2D eigenvalue weighted by Gasteiger charge is 2.25. The zero-order valence-electron chi connectivity index (χ0n) is 7.50. The van der Waals surface area contributed by atoms with Crippen LogP contribution in [-0.4, -0.2) is 12.2 Å². The summed E-state index contributed by atoms with van der Waals surface area (Å²) in [5.74, 6) is 0. The van der Waals surface area contributed by atoms with Gasteiger partial charge in [-0.25, -0.2) is 4.79 Å². The maximum atomic E-state index is 10.6. The van der Waals surface area contributed by atoms with E-state index in [0.717, 1.165) is 16.1 Å². The number of fused-ring (bicyclic) bond motifs is 1. The van der Waals surface area contributed by atoms with Gasteiger partial charge in [-0.3, -0.25) is 0 Å². The number of rotatable bonds is 1. The minimum atomic E-state index is -0.723. The van der Waals surface area contributed by atoms with Crippen molar-refractivity contribution in [3.63, 3.8) is 0 Å². The fourth-order valence-corrected chi connectivity index (χ4v) is 2.09. The molecule has 4 heteroatoms. The highest BCUT2D eigenvalue weighted by Crippen LogP contribution is 2.29. The van der Waals surface area contributed by atoms with Gasteiger partial charge in [-0.1, -0.05) is 23.7 Å². The average molecular weight is 212 g/mol. The van der Waals surface area contributed by atoms with Crippen LogP contribution >= 0.6 is 11.6 Å². The molecule has 14 heavy (non-hydrogen) atoms. The highest BCUT2D eigenvalue weighted by atomic mass is 35.5. The van der Waals surface area contributed by atoms with Crippen molar-refractivity contribution in [2.24, 2.45) is 5.73 Å². The van der Waals surface area contributed by atoms with E-state index >= 15 is 0 Å². The summed E-state index contributed by atoms with van der Waals surface area (Å²) in [6.45, 7) is 0. The highest BCUT2D eigenvalue weighted by molar-refractivity contribution is 6.31. The number of hydrogen-bond donors (Lipinski definition) is 1. The van der Waals surface area contributed by atoms with E-state index in [-0.39, 0.29) is 6.10 Å². The average Bonchev–Trinajstić information content (AvgIpc) is 2.47. The van der Waals surface area contributed by atoms with Gasteiger partial charge in [0.2, 0.25) is 0 Å². The fraction of sp³-hybridized carbons (Fsp3) is 0.300. The molecule has 0 spiro atoms. The molecule has 2 rings (SSSR count). The molecule has 74 valence electrons. The second-order valence-electron chi connectivity index (χ2n) is 3.34. The van der Waals surface area contributed by atoms with Crippen LogP contribution in [-0.2, 0) is 17.6 Å². The smallest absolute Gasteiger partial charge is 0.404 e. The molecule has 1 aliphatic rings. The quantitative estimate of drug-likeness (QED) is 0.772. The van der Waals surface area contributed by atoms with Crippen molar-refractivity contribution < 1.29 is 9.53 Å². The number of primary amides is 1. The molecule has 0 bridgehead atoms. The molecule has 0 aliphatic heterocycles. The predicted octanol–water partition coefficient (Wildman–Crippen LogP) is 1.90. The van der Waals surface area contributed by atoms with Crippen molar-refractivity contribution >= 4 is 17.7 Å². The fourth-order valence-electron chi connectivity index (χ4n) is 1.82. The van der Waals surface area contributed by atoms with E-state index in [0.29, 0.717) is 12.8 Å². The molecular formula is C10H10ClNO2. The van der Waals surface area contributed by atoms with Crippen LogP contribution in [0.25, 0.3) is 0 Å². The Balaban J connectivity index is 2.18. The minimum Gasteiger partial charge on any atom is -0.446 e. The Morgan fingerprint density at radius 3 is 2.93 bits per heavy atom. The van der Waals surface area contributed by atoms with Gasteiger partial charge in [0.25, 0.3) is 0 Å². The zero-order valence-corrected chi connectivity index (χ0v) is 8.25. The molecule has 0 saturated carbocycles. The molecule has 1 atom stereocenters. The predicted molar refractivity (Wildman–Crippen MR) is 53.3 cm³/mol. The van der Waals surface area contributed by atoms with Crippen LogP contribution in [0, 0.1) is 0 Å². The number of nitrogens with two attached hydrogens (primary N) is 1. The summed E-state index contributed by atoms with van der Waals surface area (Å²) in [7, 11) is 0. The Kier molecular flexibility index (Phi) is 2.33. The number of halogens is 1. The van der Waals surface area contributed by atoms with Crippen LogP contribution < -0.4 is 5.73 Å². The second-order valence-corrected chi connectivity index (χ2v) is 3.75. The van der Waals surface area contributed by atoms with Gasteiger partial charge in [0.1, 0.15) is 6.10 Å². The number of ether oxygens (including phenoxy) is 1. The van der Waals surface area contributed by atoms with Gasteiger partial charge in [0.05, 0.1) is 0 Å². The Bertz CT molecular complexity index is 378. The molecule has 1 amide bonds. The van der Waals surface area contributed by atoms with Crippen LogP contribution in [0.15, 0.2) is 18.2 Å². The van der Waals surface area contributed by atoms with E-state index in [2.05, 4.69) is 0 Å². The third-order valence-corrected chi connectivity index (χ3v) is 2.73. The number of carbonyl (C=O) groups excluding carboxylic acids is 1. The summed E-state index contributed by atoms with van der Waals surface area (Å²) in [5, 5.41) is 0.734. The molecule has 0 aromatic heterocycles.